The summed E-state index contributed by atoms with van der Waals surface area (Å²) in [5, 5.41) is 6.48. The van der Waals surface area contributed by atoms with Crippen molar-refractivity contribution in [2.24, 2.45) is 4.99 Å². The van der Waals surface area contributed by atoms with E-state index in [-0.39, 0.29) is 11.4 Å². The zero-order valence-corrected chi connectivity index (χ0v) is 16.9. The van der Waals surface area contributed by atoms with Gasteiger partial charge in [-0.05, 0) is 77.8 Å². The second-order valence-corrected chi connectivity index (χ2v) is 7.79. The van der Waals surface area contributed by atoms with Crippen LogP contribution in [0.4, 0.5) is 0 Å². The first-order valence-electron chi connectivity index (χ1n) is 9.15. The van der Waals surface area contributed by atoms with Gasteiger partial charge in [0.2, 0.25) is 0 Å². The van der Waals surface area contributed by atoms with Gasteiger partial charge in [-0.1, -0.05) is 23.8 Å². The number of hydrogen-bond acceptors (Lipinski definition) is 3. The van der Waals surface area contributed by atoms with Crippen molar-refractivity contribution in [2.75, 3.05) is 0 Å². The number of allylic oxidation sites excluding steroid dienone is 1. The summed E-state index contributed by atoms with van der Waals surface area (Å²) in [7, 11) is 0. The van der Waals surface area contributed by atoms with E-state index >= 15 is 0 Å². The molecule has 0 atom stereocenters. The minimum Gasteiger partial charge on any atom is -0.365 e. The lowest BCUT2D eigenvalue weighted by atomic mass is 10.0. The first kappa shape index (κ1) is 20.0. The lowest BCUT2D eigenvalue weighted by molar-refractivity contribution is -0.117. The van der Waals surface area contributed by atoms with Gasteiger partial charge in [-0.3, -0.25) is 4.79 Å². The van der Waals surface area contributed by atoms with Gasteiger partial charge in [0.15, 0.2) is 0 Å². The predicted molar refractivity (Wildman–Crippen MR) is 109 cm³/mol. The third-order valence-electron chi connectivity index (χ3n) is 5.06. The molecule has 0 aliphatic heterocycles. The number of nitrogens with zero attached hydrogens (tertiary/aromatic N) is 1. The monoisotopic (exact) mass is 353 g/mol. The smallest absolute Gasteiger partial charge is 0.251 e. The van der Waals surface area contributed by atoms with Gasteiger partial charge in [0.05, 0.1) is 0 Å². The van der Waals surface area contributed by atoms with Crippen LogP contribution < -0.4 is 10.6 Å². The third-order valence-corrected chi connectivity index (χ3v) is 5.06. The Kier molecular flexibility index (Phi) is 6.06. The zero-order valence-electron chi connectivity index (χ0n) is 16.9. The lowest BCUT2D eigenvalue weighted by Gasteiger charge is -2.18. The van der Waals surface area contributed by atoms with Crippen molar-refractivity contribution in [3.05, 3.63) is 57.4 Å². The minimum absolute atomic E-state index is 0.0790. The molecule has 1 fully saturated rings. The second-order valence-electron chi connectivity index (χ2n) is 7.79. The maximum absolute atomic E-state index is 12.9. The summed E-state index contributed by atoms with van der Waals surface area (Å²) in [6.45, 7) is 16.4. The normalized spacial score (nSPS) is 15.6. The van der Waals surface area contributed by atoms with Gasteiger partial charge in [-0.25, -0.2) is 4.99 Å². The van der Waals surface area contributed by atoms with Crippen molar-refractivity contribution >= 4 is 12.6 Å². The summed E-state index contributed by atoms with van der Waals surface area (Å²) in [5.74, 6) is 0.618. The Bertz CT molecular complexity index is 779. The van der Waals surface area contributed by atoms with Crippen LogP contribution in [0.1, 0.15) is 57.2 Å². The van der Waals surface area contributed by atoms with E-state index < -0.39 is 0 Å². The van der Waals surface area contributed by atoms with E-state index in [1.807, 2.05) is 20.8 Å². The molecule has 1 aromatic carbocycles. The molecule has 1 aliphatic rings. The summed E-state index contributed by atoms with van der Waals surface area (Å²) in [4.78, 5) is 17.0. The van der Waals surface area contributed by atoms with Crippen LogP contribution in [0.3, 0.4) is 0 Å². The van der Waals surface area contributed by atoms with Crippen molar-refractivity contribution in [1.29, 1.82) is 0 Å². The van der Waals surface area contributed by atoms with E-state index in [1.165, 1.54) is 11.1 Å². The average molecular weight is 354 g/mol. The quantitative estimate of drug-likeness (QED) is 0.435. The van der Waals surface area contributed by atoms with Crippen LogP contribution in [-0.4, -0.2) is 18.2 Å². The molecular weight excluding hydrogens is 322 g/mol. The molecule has 1 saturated carbocycles. The number of rotatable bonds is 7. The highest BCUT2D eigenvalue weighted by Gasteiger charge is 2.38. The van der Waals surface area contributed by atoms with Crippen molar-refractivity contribution in [3.8, 4) is 0 Å². The minimum atomic E-state index is -0.0790. The molecule has 0 bridgehead atoms. The van der Waals surface area contributed by atoms with Crippen LogP contribution in [0.2, 0.25) is 0 Å². The van der Waals surface area contributed by atoms with Crippen molar-refractivity contribution in [3.63, 3.8) is 0 Å². The maximum Gasteiger partial charge on any atom is 0.251 e. The first-order chi connectivity index (χ1) is 12.2. The van der Waals surface area contributed by atoms with Gasteiger partial charge in [-0.2, -0.15) is 0 Å². The number of aliphatic imine (C=N–C) groups is 1. The fourth-order valence-electron chi connectivity index (χ4n) is 2.93. The fourth-order valence-corrected chi connectivity index (χ4v) is 2.93. The number of amides is 1. The van der Waals surface area contributed by atoms with E-state index in [4.69, 9.17) is 0 Å². The van der Waals surface area contributed by atoms with Gasteiger partial charge >= 0.3 is 0 Å². The Morgan fingerprint density at radius 2 is 1.85 bits per heavy atom. The molecule has 4 heteroatoms. The Morgan fingerprint density at radius 1 is 1.19 bits per heavy atom. The summed E-state index contributed by atoms with van der Waals surface area (Å²) < 4.78 is 0. The highest BCUT2D eigenvalue weighted by Crippen LogP contribution is 2.36. The molecule has 1 aliphatic carbocycles. The number of benzene rings is 1. The summed E-state index contributed by atoms with van der Waals surface area (Å²) in [6, 6.07) is 6.26. The van der Waals surface area contributed by atoms with Crippen LogP contribution in [0.15, 0.2) is 45.7 Å². The van der Waals surface area contributed by atoms with Crippen LogP contribution in [0, 0.1) is 13.8 Å². The standard InChI is InChI=1S/C22H31N3O/c1-14(2)19(17(5)20(23-7)25-22(6)10-11-22)21(26)24-13-18-9-8-15(3)16(4)12-18/h8-9,12,25H,7,10-11,13H2,1-6H3,(H,24,26)/b20-17-. The topological polar surface area (TPSA) is 53.5 Å². The van der Waals surface area contributed by atoms with Gasteiger partial charge in [0.1, 0.15) is 5.82 Å². The lowest BCUT2D eigenvalue weighted by Crippen LogP contribution is -2.30. The molecule has 2 N–H and O–H groups in total. The van der Waals surface area contributed by atoms with E-state index in [0.29, 0.717) is 17.9 Å². The second kappa shape index (κ2) is 7.90. The molecule has 1 aromatic rings. The SMILES string of the molecule is C=N/C(NC1(C)CC1)=C(\C)C(C(=O)NCc1ccc(C)c(C)c1)=C(C)C. The number of hydrogen-bond donors (Lipinski definition) is 2. The van der Waals surface area contributed by atoms with Gasteiger partial charge in [-0.15, -0.1) is 0 Å². The Balaban J connectivity index is 2.17. The molecule has 26 heavy (non-hydrogen) atoms. The van der Waals surface area contributed by atoms with Crippen molar-refractivity contribution in [1.82, 2.24) is 10.6 Å². The summed E-state index contributed by atoms with van der Waals surface area (Å²) in [6.07, 6.45) is 2.23. The number of carbonyl (C=O) groups is 1. The Morgan fingerprint density at radius 3 is 2.35 bits per heavy atom. The number of carbonyl (C=O) groups excluding carboxylic acids is 1. The van der Waals surface area contributed by atoms with E-state index in [9.17, 15) is 4.79 Å². The molecule has 0 unspecified atom stereocenters. The van der Waals surface area contributed by atoms with E-state index in [0.717, 1.165) is 29.6 Å². The molecule has 0 aromatic heterocycles. The molecular formula is C22H31N3O. The summed E-state index contributed by atoms with van der Waals surface area (Å²) >= 11 is 0. The first-order valence-corrected chi connectivity index (χ1v) is 9.15. The van der Waals surface area contributed by atoms with Crippen molar-refractivity contribution < 1.29 is 4.79 Å². The highest BCUT2D eigenvalue weighted by molar-refractivity contribution is 5.98. The molecule has 4 nitrogen and oxygen atoms in total. The predicted octanol–water partition coefficient (Wildman–Crippen LogP) is 4.33. The molecule has 0 spiro atoms. The largest absolute Gasteiger partial charge is 0.365 e. The molecule has 1 amide bonds. The van der Waals surface area contributed by atoms with Gasteiger partial charge < -0.3 is 10.6 Å². The fraction of sp³-hybridized carbons (Fsp3) is 0.455. The molecule has 0 radical (unpaired) electrons. The maximum atomic E-state index is 12.9. The van der Waals surface area contributed by atoms with Gasteiger partial charge in [0.25, 0.3) is 5.91 Å². The molecule has 2 rings (SSSR count). The van der Waals surface area contributed by atoms with Gasteiger partial charge in [0, 0.05) is 23.2 Å². The number of nitrogens with one attached hydrogen (secondary N) is 2. The van der Waals surface area contributed by atoms with E-state index in [1.54, 1.807) is 0 Å². The number of aryl methyl sites for hydroxylation is 2. The van der Waals surface area contributed by atoms with Crippen LogP contribution >= 0.6 is 0 Å². The Hall–Kier alpha value is -2.36. The zero-order chi connectivity index (χ0) is 19.5. The molecule has 0 saturated heterocycles. The molecule has 0 heterocycles. The third kappa shape index (κ3) is 4.84. The molecule has 140 valence electrons. The highest BCUT2D eigenvalue weighted by atomic mass is 16.1. The summed E-state index contributed by atoms with van der Waals surface area (Å²) in [5.41, 5.74) is 6.14. The Labute approximate surface area is 157 Å². The van der Waals surface area contributed by atoms with E-state index in [2.05, 4.69) is 61.3 Å². The van der Waals surface area contributed by atoms with Crippen LogP contribution in [0.25, 0.3) is 0 Å². The van der Waals surface area contributed by atoms with Crippen LogP contribution in [-0.2, 0) is 11.3 Å². The average Bonchev–Trinajstić information content (AvgIpc) is 3.31. The van der Waals surface area contributed by atoms with Crippen molar-refractivity contribution in [2.45, 2.75) is 66.5 Å². The van der Waals surface area contributed by atoms with Crippen LogP contribution in [0.5, 0.6) is 0 Å².